The minimum atomic E-state index is -1.26. The van der Waals surface area contributed by atoms with Crippen LogP contribution in [0.1, 0.15) is 11.5 Å². The molecule has 0 aliphatic carbocycles. The van der Waals surface area contributed by atoms with E-state index in [0.717, 1.165) is 17.2 Å². The fourth-order valence-electron chi connectivity index (χ4n) is 2.97. The SMILES string of the molecule is CON1C[C@H](c2ccc(F)c(F)c2)[C@@H](C(=O)Nc2ccccc2F)C1=O. The third-order valence-corrected chi connectivity index (χ3v) is 4.28. The first-order valence-corrected chi connectivity index (χ1v) is 7.78. The van der Waals surface area contributed by atoms with Crippen LogP contribution in [0.15, 0.2) is 42.5 Å². The van der Waals surface area contributed by atoms with Gasteiger partial charge in [-0.2, -0.15) is 0 Å². The van der Waals surface area contributed by atoms with Crippen molar-refractivity contribution in [3.63, 3.8) is 0 Å². The van der Waals surface area contributed by atoms with Gasteiger partial charge in [-0.1, -0.05) is 18.2 Å². The number of rotatable bonds is 4. The van der Waals surface area contributed by atoms with E-state index in [1.54, 1.807) is 0 Å². The van der Waals surface area contributed by atoms with E-state index in [0.29, 0.717) is 0 Å². The first-order valence-electron chi connectivity index (χ1n) is 7.78. The summed E-state index contributed by atoms with van der Waals surface area (Å²) >= 11 is 0. The van der Waals surface area contributed by atoms with Gasteiger partial charge in [-0.15, -0.1) is 0 Å². The molecule has 0 radical (unpaired) electrons. The third kappa shape index (κ3) is 3.28. The summed E-state index contributed by atoms with van der Waals surface area (Å²) in [6.07, 6.45) is 0. The number of hydroxylamine groups is 2. The summed E-state index contributed by atoms with van der Waals surface area (Å²) in [5.74, 6) is -6.21. The summed E-state index contributed by atoms with van der Waals surface area (Å²) in [5.41, 5.74) is 0.190. The molecule has 0 spiro atoms. The molecule has 1 fully saturated rings. The predicted molar refractivity (Wildman–Crippen MR) is 86.3 cm³/mol. The van der Waals surface area contributed by atoms with Crippen LogP contribution in [0, 0.1) is 23.4 Å². The van der Waals surface area contributed by atoms with Gasteiger partial charge in [0.25, 0.3) is 5.91 Å². The number of carbonyl (C=O) groups is 2. The van der Waals surface area contributed by atoms with E-state index >= 15 is 0 Å². The van der Waals surface area contributed by atoms with E-state index in [9.17, 15) is 22.8 Å². The lowest BCUT2D eigenvalue weighted by Crippen LogP contribution is -2.33. The molecule has 1 aliphatic rings. The average molecular weight is 364 g/mol. The monoisotopic (exact) mass is 364 g/mol. The van der Waals surface area contributed by atoms with Gasteiger partial charge in [-0.3, -0.25) is 14.4 Å². The molecular formula is C18H15F3N2O3. The second-order valence-corrected chi connectivity index (χ2v) is 5.81. The molecule has 2 aromatic rings. The Morgan fingerprint density at radius 3 is 2.50 bits per heavy atom. The van der Waals surface area contributed by atoms with Crippen molar-refractivity contribution in [2.75, 3.05) is 19.0 Å². The van der Waals surface area contributed by atoms with E-state index in [1.165, 1.54) is 37.4 Å². The van der Waals surface area contributed by atoms with E-state index in [1.807, 2.05) is 0 Å². The number of carbonyl (C=O) groups excluding carboxylic acids is 2. The third-order valence-electron chi connectivity index (χ3n) is 4.28. The van der Waals surface area contributed by atoms with Gasteiger partial charge in [-0.05, 0) is 29.8 Å². The summed E-state index contributed by atoms with van der Waals surface area (Å²) in [6, 6.07) is 8.69. The lowest BCUT2D eigenvalue weighted by atomic mass is 9.87. The zero-order valence-corrected chi connectivity index (χ0v) is 13.7. The minimum Gasteiger partial charge on any atom is -0.323 e. The number of amides is 2. The van der Waals surface area contributed by atoms with E-state index < -0.39 is 41.1 Å². The standard InChI is InChI=1S/C18H15F3N2O3/c1-26-23-9-11(10-6-7-12(19)14(21)8-10)16(18(23)25)17(24)22-15-5-3-2-4-13(15)20/h2-8,11,16H,9H2,1H3,(H,22,24)/t11-,16+/m1/s1. The number of nitrogens with one attached hydrogen (secondary N) is 1. The highest BCUT2D eigenvalue weighted by Crippen LogP contribution is 2.35. The summed E-state index contributed by atoms with van der Waals surface area (Å²) < 4.78 is 40.5. The van der Waals surface area contributed by atoms with Crippen molar-refractivity contribution >= 4 is 17.5 Å². The Bertz CT molecular complexity index is 859. The molecule has 1 saturated heterocycles. The van der Waals surface area contributed by atoms with Crippen LogP contribution >= 0.6 is 0 Å². The van der Waals surface area contributed by atoms with Crippen molar-refractivity contribution in [2.45, 2.75) is 5.92 Å². The van der Waals surface area contributed by atoms with Crippen LogP contribution in [0.2, 0.25) is 0 Å². The molecular weight excluding hydrogens is 349 g/mol. The molecule has 0 saturated carbocycles. The molecule has 0 bridgehead atoms. The lowest BCUT2D eigenvalue weighted by molar-refractivity contribution is -0.170. The highest BCUT2D eigenvalue weighted by molar-refractivity contribution is 6.08. The van der Waals surface area contributed by atoms with E-state index in [4.69, 9.17) is 4.84 Å². The van der Waals surface area contributed by atoms with Gasteiger partial charge in [0.15, 0.2) is 11.6 Å². The number of benzene rings is 2. The van der Waals surface area contributed by atoms with Crippen LogP contribution in [0.3, 0.4) is 0 Å². The molecule has 8 heteroatoms. The predicted octanol–water partition coefficient (Wildman–Crippen LogP) is 2.85. The quantitative estimate of drug-likeness (QED) is 0.849. The number of hydrogen-bond donors (Lipinski definition) is 1. The molecule has 5 nitrogen and oxygen atoms in total. The van der Waals surface area contributed by atoms with E-state index in [-0.39, 0.29) is 17.8 Å². The normalized spacial score (nSPS) is 19.7. The fraction of sp³-hybridized carbons (Fsp3) is 0.222. The molecule has 1 heterocycles. The zero-order chi connectivity index (χ0) is 18.8. The maximum Gasteiger partial charge on any atom is 0.259 e. The molecule has 3 rings (SSSR count). The Morgan fingerprint density at radius 1 is 1.12 bits per heavy atom. The van der Waals surface area contributed by atoms with Crippen LogP contribution < -0.4 is 5.32 Å². The minimum absolute atomic E-state index is 0.0181. The largest absolute Gasteiger partial charge is 0.323 e. The number of halogens is 3. The average Bonchev–Trinajstić information content (AvgIpc) is 2.96. The van der Waals surface area contributed by atoms with Crippen molar-refractivity contribution in [1.29, 1.82) is 0 Å². The number of para-hydroxylation sites is 1. The van der Waals surface area contributed by atoms with Gasteiger partial charge < -0.3 is 5.32 Å². The van der Waals surface area contributed by atoms with Crippen molar-refractivity contribution in [2.24, 2.45) is 5.92 Å². The summed E-state index contributed by atoms with van der Waals surface area (Å²) in [7, 11) is 1.26. The van der Waals surface area contributed by atoms with Gasteiger partial charge in [0.2, 0.25) is 5.91 Å². The second kappa shape index (κ2) is 7.17. The smallest absolute Gasteiger partial charge is 0.259 e. The number of nitrogens with zero attached hydrogens (tertiary/aromatic N) is 1. The molecule has 2 amide bonds. The molecule has 0 unspecified atom stereocenters. The summed E-state index contributed by atoms with van der Waals surface area (Å²) in [4.78, 5) is 30.0. The summed E-state index contributed by atoms with van der Waals surface area (Å²) in [5, 5.41) is 3.34. The highest BCUT2D eigenvalue weighted by atomic mass is 19.2. The van der Waals surface area contributed by atoms with Crippen LogP contribution in [0.25, 0.3) is 0 Å². The molecule has 1 aliphatic heterocycles. The van der Waals surface area contributed by atoms with Crippen LogP contribution in [-0.2, 0) is 14.4 Å². The topological polar surface area (TPSA) is 58.6 Å². The van der Waals surface area contributed by atoms with Crippen LogP contribution in [-0.4, -0.2) is 30.5 Å². The van der Waals surface area contributed by atoms with Gasteiger partial charge in [0.1, 0.15) is 11.7 Å². The van der Waals surface area contributed by atoms with Crippen LogP contribution in [0.4, 0.5) is 18.9 Å². The van der Waals surface area contributed by atoms with Gasteiger partial charge >= 0.3 is 0 Å². The number of anilines is 1. The zero-order valence-electron chi connectivity index (χ0n) is 13.7. The van der Waals surface area contributed by atoms with Gasteiger partial charge in [0, 0.05) is 5.92 Å². The van der Waals surface area contributed by atoms with Crippen molar-refractivity contribution in [3.05, 3.63) is 65.5 Å². The van der Waals surface area contributed by atoms with Crippen molar-refractivity contribution in [1.82, 2.24) is 5.06 Å². The molecule has 2 aromatic carbocycles. The first-order chi connectivity index (χ1) is 12.4. The molecule has 2 atom stereocenters. The van der Waals surface area contributed by atoms with E-state index in [2.05, 4.69) is 5.32 Å². The second-order valence-electron chi connectivity index (χ2n) is 5.81. The molecule has 0 aromatic heterocycles. The Kier molecular flexibility index (Phi) is 4.94. The van der Waals surface area contributed by atoms with Gasteiger partial charge in [-0.25, -0.2) is 18.2 Å². The maximum atomic E-state index is 13.8. The summed E-state index contributed by atoms with van der Waals surface area (Å²) in [6.45, 7) is -0.0181. The molecule has 1 N–H and O–H groups in total. The molecule has 136 valence electrons. The fourth-order valence-corrected chi connectivity index (χ4v) is 2.97. The maximum absolute atomic E-state index is 13.8. The number of hydrogen-bond acceptors (Lipinski definition) is 3. The highest BCUT2D eigenvalue weighted by Gasteiger charge is 2.46. The molecule has 26 heavy (non-hydrogen) atoms. The Balaban J connectivity index is 1.92. The first kappa shape index (κ1) is 17.9. The van der Waals surface area contributed by atoms with Crippen molar-refractivity contribution < 1.29 is 27.6 Å². The van der Waals surface area contributed by atoms with Gasteiger partial charge in [0.05, 0.1) is 19.3 Å². The lowest BCUT2D eigenvalue weighted by Gasteiger charge is -2.17. The Hall–Kier alpha value is -2.87. The van der Waals surface area contributed by atoms with Crippen LogP contribution in [0.5, 0.6) is 0 Å². The van der Waals surface area contributed by atoms with Crippen molar-refractivity contribution in [3.8, 4) is 0 Å². The Labute approximate surface area is 147 Å². The Morgan fingerprint density at radius 2 is 1.85 bits per heavy atom.